The molecule has 0 fully saturated rings. The first-order valence-corrected chi connectivity index (χ1v) is 11.3. The summed E-state index contributed by atoms with van der Waals surface area (Å²) in [7, 11) is -4.25. The van der Waals surface area contributed by atoms with E-state index in [4.69, 9.17) is 0 Å². The topological polar surface area (TPSA) is 80.5 Å². The number of fused-ring (bicyclic) bond motifs is 1. The van der Waals surface area contributed by atoms with E-state index in [0.29, 0.717) is 5.56 Å². The summed E-state index contributed by atoms with van der Waals surface area (Å²) in [5.74, 6) is -0.326. The van der Waals surface area contributed by atoms with E-state index in [2.05, 4.69) is 10.5 Å². The molecule has 0 atom stereocenters. The zero-order chi connectivity index (χ0) is 22.9. The van der Waals surface area contributed by atoms with Crippen molar-refractivity contribution in [3.8, 4) is 5.69 Å². The zero-order valence-corrected chi connectivity index (χ0v) is 18.2. The van der Waals surface area contributed by atoms with E-state index >= 15 is 0 Å². The molecule has 1 N–H and O–H groups in total. The molecule has 0 aliphatic carbocycles. The third-order valence-electron chi connectivity index (χ3n) is 5.19. The first-order chi connectivity index (χ1) is 15.3. The molecule has 0 bridgehead atoms. The van der Waals surface area contributed by atoms with Crippen LogP contribution in [0.5, 0.6) is 0 Å². The highest BCUT2D eigenvalue weighted by Gasteiger charge is 2.24. The molecular weight excluding hydrogens is 429 g/mol. The maximum Gasteiger partial charge on any atom is 0.361 e. The number of benzene rings is 3. The van der Waals surface area contributed by atoms with Crippen LogP contribution in [0.1, 0.15) is 17.0 Å². The quantitative estimate of drug-likeness (QED) is 0.355. The van der Waals surface area contributed by atoms with E-state index in [0.717, 1.165) is 27.8 Å². The van der Waals surface area contributed by atoms with Crippen LogP contribution in [0.4, 0.5) is 9.18 Å². The van der Waals surface area contributed by atoms with Gasteiger partial charge in [-0.15, -0.1) is 0 Å². The Morgan fingerprint density at radius 3 is 2.38 bits per heavy atom. The number of aryl methyl sites for hydroxylation is 1. The Labute approximate surface area is 184 Å². The Kier molecular flexibility index (Phi) is 5.63. The summed E-state index contributed by atoms with van der Waals surface area (Å²) in [6, 6.07) is 19.7. The lowest BCUT2D eigenvalue weighted by Gasteiger charge is -2.09. The van der Waals surface area contributed by atoms with E-state index in [1.54, 1.807) is 30.3 Å². The first-order valence-electron chi connectivity index (χ1n) is 9.79. The smallest absolute Gasteiger partial charge is 0.318 e. The van der Waals surface area contributed by atoms with Gasteiger partial charge in [-0.05, 0) is 67.1 Å². The summed E-state index contributed by atoms with van der Waals surface area (Å²) in [5, 5.41) is 4.23. The van der Waals surface area contributed by atoms with Crippen molar-refractivity contribution in [2.45, 2.75) is 18.7 Å². The van der Waals surface area contributed by atoms with Gasteiger partial charge in [-0.1, -0.05) is 30.3 Å². The lowest BCUT2D eigenvalue weighted by atomic mass is 10.1. The first kappa shape index (κ1) is 21.5. The normalized spacial score (nSPS) is 11.8. The fourth-order valence-electron chi connectivity index (χ4n) is 3.56. The van der Waals surface area contributed by atoms with Gasteiger partial charge >= 0.3 is 5.24 Å². The van der Waals surface area contributed by atoms with Crippen LogP contribution in [-0.4, -0.2) is 24.4 Å². The average Bonchev–Trinajstić information content (AvgIpc) is 3.07. The minimum atomic E-state index is -4.25. The van der Waals surface area contributed by atoms with Crippen LogP contribution in [0, 0.1) is 19.7 Å². The van der Waals surface area contributed by atoms with E-state index in [9.17, 15) is 17.6 Å². The molecule has 6 nitrogen and oxygen atoms in total. The lowest BCUT2D eigenvalue weighted by Crippen LogP contribution is -2.25. The summed E-state index contributed by atoms with van der Waals surface area (Å²) < 4.78 is 40.4. The van der Waals surface area contributed by atoms with Crippen molar-refractivity contribution in [3.63, 3.8) is 0 Å². The summed E-state index contributed by atoms with van der Waals surface area (Å²) in [6.07, 6.45) is 1.39. The number of aromatic nitrogens is 1. The number of hydrogen-bond acceptors (Lipinski definition) is 4. The van der Waals surface area contributed by atoms with Gasteiger partial charge in [-0.2, -0.15) is 5.10 Å². The molecule has 0 unspecified atom stereocenters. The Morgan fingerprint density at radius 2 is 1.66 bits per heavy atom. The molecule has 0 radical (unpaired) electrons. The van der Waals surface area contributed by atoms with Gasteiger partial charge in [0.2, 0.25) is 0 Å². The van der Waals surface area contributed by atoms with Crippen LogP contribution in [0.2, 0.25) is 0 Å². The zero-order valence-electron chi connectivity index (χ0n) is 17.4. The largest absolute Gasteiger partial charge is 0.361 e. The Bertz CT molecular complexity index is 1460. The fraction of sp³-hybridized carbons (Fsp3) is 0.0833. The fourth-order valence-corrected chi connectivity index (χ4v) is 4.48. The Morgan fingerprint density at radius 1 is 0.969 bits per heavy atom. The van der Waals surface area contributed by atoms with Gasteiger partial charge < -0.3 is 4.57 Å². The maximum atomic E-state index is 13.2. The molecule has 0 saturated carbocycles. The molecule has 162 valence electrons. The van der Waals surface area contributed by atoms with E-state index in [1.165, 1.54) is 30.5 Å². The Balaban J connectivity index is 1.54. The van der Waals surface area contributed by atoms with Gasteiger partial charge in [0.15, 0.2) is 0 Å². The number of carbonyl (C=O) groups is 1. The van der Waals surface area contributed by atoms with Crippen molar-refractivity contribution in [3.05, 3.63) is 95.6 Å². The number of carbonyl (C=O) groups excluding carboxylic acids is 1. The molecule has 1 amide bonds. The van der Waals surface area contributed by atoms with Crippen molar-refractivity contribution < 1.29 is 17.6 Å². The standard InChI is InChI=1S/C24H20FN3O3S/c1-16-13-20(17(2)28(16)22-10-8-21(25)9-11-22)15-26-27-24(29)32(30,31)23-12-7-18-5-3-4-6-19(18)14-23/h3-15H,1-2H3,(H,27,29)/b26-15-. The highest BCUT2D eigenvalue weighted by molar-refractivity contribution is 8.06. The second-order valence-corrected chi connectivity index (χ2v) is 9.16. The summed E-state index contributed by atoms with van der Waals surface area (Å²) in [4.78, 5) is 12.2. The van der Waals surface area contributed by atoms with Crippen LogP contribution < -0.4 is 5.43 Å². The van der Waals surface area contributed by atoms with E-state index in [-0.39, 0.29) is 10.7 Å². The molecule has 0 aliphatic rings. The molecule has 4 rings (SSSR count). The number of halogens is 1. The van der Waals surface area contributed by atoms with Crippen molar-refractivity contribution in [1.29, 1.82) is 0 Å². The lowest BCUT2D eigenvalue weighted by molar-refractivity contribution is 0.259. The minimum absolute atomic E-state index is 0.0987. The maximum absolute atomic E-state index is 13.2. The molecule has 0 aliphatic heterocycles. The number of hydrogen-bond donors (Lipinski definition) is 1. The second-order valence-electron chi connectivity index (χ2n) is 7.31. The third kappa shape index (κ3) is 4.04. The van der Waals surface area contributed by atoms with Crippen LogP contribution in [0.25, 0.3) is 16.5 Å². The highest BCUT2D eigenvalue weighted by atomic mass is 32.2. The number of hydrazone groups is 1. The number of nitrogens with one attached hydrogen (secondary N) is 1. The molecular formula is C24H20FN3O3S. The average molecular weight is 450 g/mol. The molecule has 3 aromatic carbocycles. The van der Waals surface area contributed by atoms with Crippen LogP contribution in [0.3, 0.4) is 0 Å². The molecule has 4 aromatic rings. The van der Waals surface area contributed by atoms with Crippen molar-refractivity contribution >= 4 is 32.1 Å². The van der Waals surface area contributed by atoms with Gasteiger partial charge in [0, 0.05) is 22.6 Å². The van der Waals surface area contributed by atoms with Gasteiger partial charge in [0.25, 0.3) is 9.84 Å². The summed E-state index contributed by atoms with van der Waals surface area (Å²) in [5.41, 5.74) is 5.27. The highest BCUT2D eigenvalue weighted by Crippen LogP contribution is 2.21. The van der Waals surface area contributed by atoms with E-state index in [1.807, 2.05) is 36.6 Å². The molecule has 8 heteroatoms. The van der Waals surface area contributed by atoms with Crippen molar-refractivity contribution in [2.75, 3.05) is 0 Å². The number of sulfone groups is 1. The third-order valence-corrected chi connectivity index (χ3v) is 6.64. The number of nitrogens with zero attached hydrogens (tertiary/aromatic N) is 2. The summed E-state index contributed by atoms with van der Waals surface area (Å²) >= 11 is 0. The van der Waals surface area contributed by atoms with Crippen molar-refractivity contribution in [2.24, 2.45) is 5.10 Å². The van der Waals surface area contributed by atoms with Gasteiger partial charge in [0.1, 0.15) is 5.82 Å². The summed E-state index contributed by atoms with van der Waals surface area (Å²) in [6.45, 7) is 3.74. The minimum Gasteiger partial charge on any atom is -0.318 e. The van der Waals surface area contributed by atoms with Crippen LogP contribution >= 0.6 is 0 Å². The second kappa shape index (κ2) is 8.39. The SMILES string of the molecule is Cc1cc(/C=N\NC(=O)S(=O)(=O)c2ccc3ccccc3c2)c(C)n1-c1ccc(F)cc1. The molecule has 0 saturated heterocycles. The number of rotatable bonds is 4. The van der Waals surface area contributed by atoms with Gasteiger partial charge in [-0.3, -0.25) is 4.79 Å². The van der Waals surface area contributed by atoms with Gasteiger partial charge in [-0.25, -0.2) is 18.2 Å². The van der Waals surface area contributed by atoms with E-state index < -0.39 is 15.1 Å². The molecule has 32 heavy (non-hydrogen) atoms. The number of amides is 1. The van der Waals surface area contributed by atoms with Crippen molar-refractivity contribution in [1.82, 2.24) is 9.99 Å². The molecule has 1 heterocycles. The molecule has 1 aromatic heterocycles. The molecule has 0 spiro atoms. The predicted octanol–water partition coefficient (Wildman–Crippen LogP) is 4.90. The van der Waals surface area contributed by atoms with Gasteiger partial charge in [0.05, 0.1) is 11.1 Å². The Hall–Kier alpha value is -3.78. The monoisotopic (exact) mass is 449 g/mol. The van der Waals surface area contributed by atoms with Crippen LogP contribution in [0.15, 0.2) is 82.8 Å². The van der Waals surface area contributed by atoms with Crippen LogP contribution in [-0.2, 0) is 9.84 Å². The predicted molar refractivity (Wildman–Crippen MR) is 122 cm³/mol.